The summed E-state index contributed by atoms with van der Waals surface area (Å²) < 4.78 is 10.7. The zero-order valence-corrected chi connectivity index (χ0v) is 16.3. The standard InChI is InChI=1S/C20H30N4O3/c1-26-15-18(25)24-11-10-23(9-6-20(24)7-12-27-13-8-20)19-21-14-16-4-2-3-5-17(16)22-19/h14H,2-13,15H2,1H3. The fourth-order valence-corrected chi connectivity index (χ4v) is 4.73. The Bertz CT molecular complexity index is 675. The Morgan fingerprint density at radius 2 is 2.00 bits per heavy atom. The molecule has 148 valence electrons. The zero-order chi connectivity index (χ0) is 18.7. The van der Waals surface area contributed by atoms with E-state index in [0.717, 1.165) is 51.1 Å². The fraction of sp³-hybridized carbons (Fsp3) is 0.750. The van der Waals surface area contributed by atoms with E-state index >= 15 is 0 Å². The highest BCUT2D eigenvalue weighted by atomic mass is 16.5. The molecule has 3 aliphatic rings. The van der Waals surface area contributed by atoms with Crippen molar-refractivity contribution in [3.05, 3.63) is 17.5 Å². The van der Waals surface area contributed by atoms with E-state index in [9.17, 15) is 4.79 Å². The Morgan fingerprint density at radius 1 is 1.19 bits per heavy atom. The lowest BCUT2D eigenvalue weighted by atomic mass is 9.84. The summed E-state index contributed by atoms with van der Waals surface area (Å²) in [7, 11) is 1.58. The van der Waals surface area contributed by atoms with Gasteiger partial charge in [0.05, 0.1) is 0 Å². The van der Waals surface area contributed by atoms with Crippen LogP contribution < -0.4 is 4.90 Å². The van der Waals surface area contributed by atoms with Gasteiger partial charge in [-0.25, -0.2) is 9.97 Å². The number of aromatic nitrogens is 2. The maximum Gasteiger partial charge on any atom is 0.249 e. The van der Waals surface area contributed by atoms with Crippen LogP contribution in [0.25, 0.3) is 0 Å². The highest BCUT2D eigenvalue weighted by molar-refractivity contribution is 5.78. The van der Waals surface area contributed by atoms with Crippen LogP contribution in [0.2, 0.25) is 0 Å². The normalized spacial score (nSPS) is 22.4. The van der Waals surface area contributed by atoms with Crippen LogP contribution in [-0.4, -0.2) is 72.9 Å². The molecule has 1 aromatic heterocycles. The molecule has 0 N–H and O–H groups in total. The summed E-state index contributed by atoms with van der Waals surface area (Å²) >= 11 is 0. The molecule has 1 aliphatic carbocycles. The van der Waals surface area contributed by atoms with Crippen molar-refractivity contribution in [1.29, 1.82) is 0 Å². The second-order valence-corrected chi connectivity index (χ2v) is 7.90. The topological polar surface area (TPSA) is 67.8 Å². The lowest BCUT2D eigenvalue weighted by Gasteiger charge is -2.45. The number of aryl methyl sites for hydroxylation is 2. The van der Waals surface area contributed by atoms with Gasteiger partial charge < -0.3 is 19.3 Å². The van der Waals surface area contributed by atoms with Crippen molar-refractivity contribution in [3.63, 3.8) is 0 Å². The van der Waals surface area contributed by atoms with Gasteiger partial charge in [0.2, 0.25) is 11.9 Å². The smallest absolute Gasteiger partial charge is 0.249 e. The molecule has 0 radical (unpaired) electrons. The third kappa shape index (κ3) is 3.80. The molecule has 1 aromatic rings. The van der Waals surface area contributed by atoms with Crippen molar-refractivity contribution >= 4 is 11.9 Å². The van der Waals surface area contributed by atoms with E-state index in [1.807, 2.05) is 6.20 Å². The Labute approximate surface area is 161 Å². The number of methoxy groups -OCH3 is 1. The van der Waals surface area contributed by atoms with Crippen molar-refractivity contribution in [3.8, 4) is 0 Å². The van der Waals surface area contributed by atoms with Crippen LogP contribution in [0.4, 0.5) is 5.95 Å². The van der Waals surface area contributed by atoms with Gasteiger partial charge in [-0.2, -0.15) is 0 Å². The summed E-state index contributed by atoms with van der Waals surface area (Å²) in [6, 6.07) is 0. The molecule has 7 heteroatoms. The van der Waals surface area contributed by atoms with Crippen molar-refractivity contribution in [2.75, 3.05) is 51.5 Å². The maximum atomic E-state index is 12.8. The van der Waals surface area contributed by atoms with E-state index in [1.54, 1.807) is 7.11 Å². The van der Waals surface area contributed by atoms with E-state index in [1.165, 1.54) is 24.1 Å². The Balaban J connectivity index is 1.55. The molecule has 27 heavy (non-hydrogen) atoms. The van der Waals surface area contributed by atoms with Crippen molar-refractivity contribution < 1.29 is 14.3 Å². The molecule has 2 saturated heterocycles. The third-order valence-corrected chi connectivity index (χ3v) is 6.34. The van der Waals surface area contributed by atoms with Gasteiger partial charge in [-0.3, -0.25) is 4.79 Å². The number of rotatable bonds is 3. The third-order valence-electron chi connectivity index (χ3n) is 6.34. The maximum absolute atomic E-state index is 12.8. The van der Waals surface area contributed by atoms with Crippen molar-refractivity contribution in [2.45, 2.75) is 50.5 Å². The zero-order valence-electron chi connectivity index (χ0n) is 16.3. The van der Waals surface area contributed by atoms with Crippen LogP contribution in [0.15, 0.2) is 6.20 Å². The first-order chi connectivity index (χ1) is 13.2. The number of fused-ring (bicyclic) bond motifs is 1. The van der Waals surface area contributed by atoms with Crippen LogP contribution in [-0.2, 0) is 27.1 Å². The predicted molar refractivity (Wildman–Crippen MR) is 102 cm³/mol. The van der Waals surface area contributed by atoms with Gasteiger partial charge in [0.15, 0.2) is 0 Å². The first-order valence-corrected chi connectivity index (χ1v) is 10.2. The SMILES string of the molecule is COCC(=O)N1CCN(c2ncc3c(n2)CCCC3)CCC12CCOCC2. The number of nitrogens with zero attached hydrogens (tertiary/aromatic N) is 4. The average Bonchev–Trinajstić information content (AvgIpc) is 2.88. The largest absolute Gasteiger partial charge is 0.381 e. The monoisotopic (exact) mass is 374 g/mol. The molecule has 0 saturated carbocycles. The van der Waals surface area contributed by atoms with Gasteiger partial charge in [-0.15, -0.1) is 0 Å². The van der Waals surface area contributed by atoms with Crippen molar-refractivity contribution in [2.24, 2.45) is 0 Å². The van der Waals surface area contributed by atoms with E-state index in [0.29, 0.717) is 19.8 Å². The van der Waals surface area contributed by atoms with E-state index in [-0.39, 0.29) is 18.1 Å². The first-order valence-electron chi connectivity index (χ1n) is 10.2. The summed E-state index contributed by atoms with van der Waals surface area (Å²) in [6.45, 7) is 3.88. The van der Waals surface area contributed by atoms with Gasteiger partial charge in [0.1, 0.15) is 6.61 Å². The number of amides is 1. The molecule has 0 atom stereocenters. The van der Waals surface area contributed by atoms with Crippen molar-refractivity contribution in [1.82, 2.24) is 14.9 Å². The first kappa shape index (κ1) is 18.6. The molecular formula is C20H30N4O3. The number of ether oxygens (including phenoxy) is 2. The van der Waals surface area contributed by atoms with Gasteiger partial charge in [0, 0.05) is 57.4 Å². The molecule has 1 amide bonds. The summed E-state index contributed by atoms with van der Waals surface area (Å²) in [6.07, 6.45) is 9.32. The summed E-state index contributed by atoms with van der Waals surface area (Å²) in [4.78, 5) is 26.6. The quantitative estimate of drug-likeness (QED) is 0.800. The van der Waals surface area contributed by atoms with Crippen LogP contribution >= 0.6 is 0 Å². The second kappa shape index (κ2) is 8.10. The summed E-state index contributed by atoms with van der Waals surface area (Å²) in [5.74, 6) is 0.895. The minimum absolute atomic E-state index is 0.0765. The van der Waals surface area contributed by atoms with E-state index in [2.05, 4.69) is 14.8 Å². The Morgan fingerprint density at radius 3 is 2.81 bits per heavy atom. The Hall–Kier alpha value is -1.73. The number of carbonyl (C=O) groups excluding carboxylic acids is 1. The number of hydrogen-bond acceptors (Lipinski definition) is 6. The number of carbonyl (C=O) groups is 1. The lowest BCUT2D eigenvalue weighted by Crippen LogP contribution is -2.55. The molecule has 1 spiro atoms. The number of anilines is 1. The number of hydrogen-bond donors (Lipinski definition) is 0. The van der Waals surface area contributed by atoms with Crippen LogP contribution in [0, 0.1) is 0 Å². The second-order valence-electron chi connectivity index (χ2n) is 7.90. The molecule has 3 heterocycles. The minimum Gasteiger partial charge on any atom is -0.381 e. The van der Waals surface area contributed by atoms with E-state index in [4.69, 9.17) is 14.5 Å². The van der Waals surface area contributed by atoms with Crippen LogP contribution in [0.5, 0.6) is 0 Å². The molecule has 2 fully saturated rings. The highest BCUT2D eigenvalue weighted by Gasteiger charge is 2.43. The van der Waals surface area contributed by atoms with Gasteiger partial charge in [-0.1, -0.05) is 0 Å². The molecule has 2 aliphatic heterocycles. The van der Waals surface area contributed by atoms with E-state index < -0.39 is 0 Å². The molecule has 4 rings (SSSR count). The molecular weight excluding hydrogens is 344 g/mol. The predicted octanol–water partition coefficient (Wildman–Crippen LogP) is 1.59. The minimum atomic E-state index is -0.128. The molecule has 0 aromatic carbocycles. The van der Waals surface area contributed by atoms with Gasteiger partial charge in [-0.05, 0) is 50.5 Å². The van der Waals surface area contributed by atoms with Gasteiger partial charge >= 0.3 is 0 Å². The lowest BCUT2D eigenvalue weighted by molar-refractivity contribution is -0.145. The molecule has 7 nitrogen and oxygen atoms in total. The summed E-state index contributed by atoms with van der Waals surface area (Å²) in [5, 5.41) is 0. The van der Waals surface area contributed by atoms with Crippen LogP contribution in [0.3, 0.4) is 0 Å². The fourth-order valence-electron chi connectivity index (χ4n) is 4.73. The molecule has 0 unspecified atom stereocenters. The van der Waals surface area contributed by atoms with Crippen LogP contribution in [0.1, 0.15) is 43.4 Å². The van der Waals surface area contributed by atoms with Gasteiger partial charge in [0.25, 0.3) is 0 Å². The average molecular weight is 374 g/mol. The molecule has 0 bridgehead atoms. The summed E-state index contributed by atoms with van der Waals surface area (Å²) in [5.41, 5.74) is 2.39. The highest BCUT2D eigenvalue weighted by Crippen LogP contribution is 2.34. The Kier molecular flexibility index (Phi) is 5.59.